The molecule has 4 heteroatoms. The molecule has 0 radical (unpaired) electrons. The van der Waals surface area contributed by atoms with Gasteiger partial charge in [-0.05, 0) is 43.7 Å². The average Bonchev–Trinajstić information content (AvgIpc) is 2.31. The van der Waals surface area contributed by atoms with Gasteiger partial charge in [0.2, 0.25) is 0 Å². The maximum Gasteiger partial charge on any atom is 0.133 e. The fourth-order valence-corrected chi connectivity index (χ4v) is 1.99. The second-order valence-corrected chi connectivity index (χ2v) is 4.12. The number of benzene rings is 1. The molecule has 0 atom stereocenters. The van der Waals surface area contributed by atoms with Gasteiger partial charge in [-0.15, -0.1) is 0 Å². The zero-order valence-electron chi connectivity index (χ0n) is 9.74. The Bertz CT molecular complexity index is 528. The van der Waals surface area contributed by atoms with Crippen molar-refractivity contribution in [2.24, 2.45) is 5.73 Å². The first-order valence-corrected chi connectivity index (χ1v) is 6.04. The lowest BCUT2D eigenvalue weighted by Crippen LogP contribution is -2.04. The number of pyridine rings is 1. The van der Waals surface area contributed by atoms with E-state index in [-0.39, 0.29) is 0 Å². The maximum atomic E-state index is 6.10. The van der Waals surface area contributed by atoms with Crippen LogP contribution in [0.15, 0.2) is 24.3 Å². The van der Waals surface area contributed by atoms with Crippen molar-refractivity contribution >= 4 is 22.5 Å². The monoisotopic (exact) mass is 250 g/mol. The summed E-state index contributed by atoms with van der Waals surface area (Å²) in [6, 6.07) is 7.86. The van der Waals surface area contributed by atoms with Crippen LogP contribution in [0, 0.1) is 0 Å². The Morgan fingerprint density at radius 1 is 1.35 bits per heavy atom. The molecule has 1 heterocycles. The number of nitrogens with zero attached hydrogens (tertiary/aromatic N) is 1. The molecule has 0 saturated carbocycles. The Hall–Kier alpha value is -1.32. The number of fused-ring (bicyclic) bond motifs is 1. The van der Waals surface area contributed by atoms with Gasteiger partial charge in [-0.2, -0.15) is 0 Å². The van der Waals surface area contributed by atoms with Crippen LogP contribution < -0.4 is 10.5 Å². The highest BCUT2D eigenvalue weighted by Gasteiger charge is 2.05. The van der Waals surface area contributed by atoms with Crippen molar-refractivity contribution in [1.82, 2.24) is 4.98 Å². The van der Waals surface area contributed by atoms with Gasteiger partial charge < -0.3 is 10.5 Å². The zero-order valence-corrected chi connectivity index (χ0v) is 10.5. The molecule has 3 nitrogen and oxygen atoms in total. The predicted octanol–water partition coefficient (Wildman–Crippen LogP) is 2.79. The number of hydrogen-bond acceptors (Lipinski definition) is 3. The Morgan fingerprint density at radius 2 is 2.18 bits per heavy atom. The molecule has 2 aromatic rings. The molecule has 1 aromatic heterocycles. The number of halogens is 1. The molecular weight excluding hydrogens is 236 g/mol. The van der Waals surface area contributed by atoms with Gasteiger partial charge in [0.25, 0.3) is 0 Å². The number of rotatable bonds is 4. The second kappa shape index (κ2) is 5.34. The summed E-state index contributed by atoms with van der Waals surface area (Å²) in [6.45, 7) is 3.17. The summed E-state index contributed by atoms with van der Waals surface area (Å²) >= 11 is 6.10. The first-order valence-electron chi connectivity index (χ1n) is 5.66. The van der Waals surface area contributed by atoms with Gasteiger partial charge >= 0.3 is 0 Å². The molecular formula is C13H15ClN2O. The fourth-order valence-electron chi connectivity index (χ4n) is 1.75. The van der Waals surface area contributed by atoms with Crippen LogP contribution in [0.3, 0.4) is 0 Å². The highest BCUT2D eigenvalue weighted by molar-refractivity contribution is 6.30. The molecule has 17 heavy (non-hydrogen) atoms. The molecule has 2 rings (SSSR count). The van der Waals surface area contributed by atoms with Crippen molar-refractivity contribution in [3.8, 4) is 5.75 Å². The third-order valence-corrected chi connectivity index (χ3v) is 2.87. The van der Waals surface area contributed by atoms with E-state index in [1.54, 1.807) is 0 Å². The third-order valence-electron chi connectivity index (χ3n) is 2.54. The summed E-state index contributed by atoms with van der Waals surface area (Å²) in [5.41, 5.74) is 7.37. The molecule has 0 fully saturated rings. The highest BCUT2D eigenvalue weighted by Crippen LogP contribution is 2.24. The average molecular weight is 251 g/mol. The van der Waals surface area contributed by atoms with Crippen LogP contribution in [-0.4, -0.2) is 18.1 Å². The number of nitrogens with two attached hydrogens (primary N) is 1. The summed E-state index contributed by atoms with van der Waals surface area (Å²) < 4.78 is 5.43. The van der Waals surface area contributed by atoms with Crippen molar-refractivity contribution in [1.29, 1.82) is 0 Å². The number of hydrogen-bond donors (Lipinski definition) is 1. The molecule has 0 aliphatic rings. The summed E-state index contributed by atoms with van der Waals surface area (Å²) in [6.07, 6.45) is 0.745. The first kappa shape index (κ1) is 12.1. The molecule has 2 N–H and O–H groups in total. The Kier molecular flexibility index (Phi) is 3.82. The lowest BCUT2D eigenvalue weighted by molar-refractivity contribution is 0.340. The molecule has 0 aliphatic heterocycles. The van der Waals surface area contributed by atoms with E-state index in [9.17, 15) is 0 Å². The quantitative estimate of drug-likeness (QED) is 0.849. The van der Waals surface area contributed by atoms with E-state index < -0.39 is 0 Å². The topological polar surface area (TPSA) is 48.1 Å². The summed E-state index contributed by atoms with van der Waals surface area (Å²) in [5, 5.41) is 1.58. The van der Waals surface area contributed by atoms with Crippen LogP contribution in [0.2, 0.25) is 5.15 Å². The minimum Gasteiger partial charge on any atom is -0.494 e. The molecule has 0 amide bonds. The minimum absolute atomic E-state index is 0.525. The van der Waals surface area contributed by atoms with Gasteiger partial charge in [-0.3, -0.25) is 0 Å². The van der Waals surface area contributed by atoms with E-state index in [0.29, 0.717) is 18.3 Å². The van der Waals surface area contributed by atoms with Gasteiger partial charge in [-0.1, -0.05) is 11.6 Å². The smallest absolute Gasteiger partial charge is 0.133 e. The van der Waals surface area contributed by atoms with Gasteiger partial charge in [-0.25, -0.2) is 4.98 Å². The van der Waals surface area contributed by atoms with Gasteiger partial charge in [0, 0.05) is 11.5 Å². The first-order chi connectivity index (χ1) is 8.24. The maximum absolute atomic E-state index is 6.10. The van der Waals surface area contributed by atoms with Crippen LogP contribution in [-0.2, 0) is 6.42 Å². The Labute approximate surface area is 106 Å². The van der Waals surface area contributed by atoms with E-state index in [0.717, 1.165) is 28.6 Å². The Morgan fingerprint density at radius 3 is 2.88 bits per heavy atom. The summed E-state index contributed by atoms with van der Waals surface area (Å²) in [4.78, 5) is 4.37. The van der Waals surface area contributed by atoms with E-state index >= 15 is 0 Å². The molecule has 0 aliphatic carbocycles. The van der Waals surface area contributed by atoms with Crippen LogP contribution in [0.4, 0.5) is 0 Å². The van der Waals surface area contributed by atoms with Gasteiger partial charge in [0.05, 0.1) is 12.1 Å². The fraction of sp³-hybridized carbons (Fsp3) is 0.308. The van der Waals surface area contributed by atoms with Crippen molar-refractivity contribution < 1.29 is 4.74 Å². The summed E-state index contributed by atoms with van der Waals surface area (Å²) in [5.74, 6) is 0.815. The lowest BCUT2D eigenvalue weighted by atomic mass is 10.1. The lowest BCUT2D eigenvalue weighted by Gasteiger charge is -2.07. The van der Waals surface area contributed by atoms with Gasteiger partial charge in [0.1, 0.15) is 10.9 Å². The van der Waals surface area contributed by atoms with E-state index in [4.69, 9.17) is 22.1 Å². The zero-order chi connectivity index (χ0) is 12.3. The Balaban J connectivity index is 2.46. The second-order valence-electron chi connectivity index (χ2n) is 3.76. The normalized spacial score (nSPS) is 10.8. The van der Waals surface area contributed by atoms with Crippen molar-refractivity contribution in [3.63, 3.8) is 0 Å². The third kappa shape index (κ3) is 2.68. The predicted molar refractivity (Wildman–Crippen MR) is 70.7 cm³/mol. The molecule has 1 aromatic carbocycles. The van der Waals surface area contributed by atoms with E-state index in [1.807, 2.05) is 31.2 Å². The largest absolute Gasteiger partial charge is 0.494 e. The van der Waals surface area contributed by atoms with Crippen LogP contribution >= 0.6 is 11.6 Å². The summed E-state index contributed by atoms with van der Waals surface area (Å²) in [7, 11) is 0. The SMILES string of the molecule is CCOc1ccc2cc(CCN)c(Cl)nc2c1. The molecule has 0 unspecified atom stereocenters. The van der Waals surface area contributed by atoms with E-state index in [2.05, 4.69) is 4.98 Å². The number of ether oxygens (including phenoxy) is 1. The van der Waals surface area contributed by atoms with Crippen LogP contribution in [0.5, 0.6) is 5.75 Å². The molecule has 90 valence electrons. The van der Waals surface area contributed by atoms with Crippen LogP contribution in [0.25, 0.3) is 10.9 Å². The number of aromatic nitrogens is 1. The molecule has 0 saturated heterocycles. The highest BCUT2D eigenvalue weighted by atomic mass is 35.5. The van der Waals surface area contributed by atoms with Crippen molar-refractivity contribution in [3.05, 3.63) is 35.0 Å². The molecule has 0 spiro atoms. The standard InChI is InChI=1S/C13H15ClN2O/c1-2-17-11-4-3-9-7-10(5-6-15)13(14)16-12(9)8-11/h3-4,7-8H,2,5-6,15H2,1H3. The van der Waals surface area contributed by atoms with Gasteiger partial charge in [0.15, 0.2) is 0 Å². The van der Waals surface area contributed by atoms with Crippen molar-refractivity contribution in [2.45, 2.75) is 13.3 Å². The molecule has 0 bridgehead atoms. The van der Waals surface area contributed by atoms with Crippen LogP contribution in [0.1, 0.15) is 12.5 Å². The van der Waals surface area contributed by atoms with Crippen molar-refractivity contribution in [2.75, 3.05) is 13.2 Å². The van der Waals surface area contributed by atoms with E-state index in [1.165, 1.54) is 0 Å². The minimum atomic E-state index is 0.525.